The zero-order valence-electron chi connectivity index (χ0n) is 7.11. The second-order valence-corrected chi connectivity index (χ2v) is 4.47. The molecule has 1 nitrogen and oxygen atoms in total. The highest BCUT2D eigenvalue weighted by Crippen LogP contribution is 2.53. The quantitative estimate of drug-likeness (QED) is 0.502. The average Bonchev–Trinajstić information content (AvgIpc) is 2.17. The Balaban J connectivity index is 2.28. The second-order valence-electron chi connectivity index (χ2n) is 4.47. The molecule has 2 fully saturated rings. The Morgan fingerprint density at radius 2 is 2.00 bits per heavy atom. The molecule has 10 heavy (non-hydrogen) atoms. The Kier molecular flexibility index (Phi) is 1.05. The summed E-state index contributed by atoms with van der Waals surface area (Å²) in [5.74, 6) is 0.770. The van der Waals surface area contributed by atoms with Crippen LogP contribution in [0.15, 0.2) is 0 Å². The molecular formula is C9H16O. The summed E-state index contributed by atoms with van der Waals surface area (Å²) in [5, 5.41) is 0. The van der Waals surface area contributed by atoms with Crippen LogP contribution in [0.5, 0.6) is 0 Å². The molecule has 0 aromatic carbocycles. The maximum absolute atomic E-state index is 5.96. The molecule has 2 aliphatic heterocycles. The van der Waals surface area contributed by atoms with E-state index in [1.165, 1.54) is 19.3 Å². The predicted octanol–water partition coefficient (Wildman–Crippen LogP) is 2.35. The third-order valence-electron chi connectivity index (χ3n) is 3.41. The predicted molar refractivity (Wildman–Crippen MR) is 40.9 cm³/mol. The summed E-state index contributed by atoms with van der Waals surface area (Å²) >= 11 is 0. The lowest BCUT2D eigenvalue weighted by atomic mass is 9.77. The van der Waals surface area contributed by atoms with Crippen molar-refractivity contribution >= 4 is 0 Å². The van der Waals surface area contributed by atoms with Crippen LogP contribution in [-0.4, -0.2) is 11.2 Å². The lowest BCUT2D eigenvalue weighted by molar-refractivity contribution is -0.0357. The summed E-state index contributed by atoms with van der Waals surface area (Å²) in [6.45, 7) is 6.82. The number of hydrogen-bond donors (Lipinski definition) is 0. The smallest absolute Gasteiger partial charge is 0.0689 e. The van der Waals surface area contributed by atoms with Gasteiger partial charge in [-0.05, 0) is 39.0 Å². The Bertz CT molecular complexity index is 166. The highest BCUT2D eigenvalue weighted by Gasteiger charge is 2.54. The van der Waals surface area contributed by atoms with Crippen LogP contribution in [0.2, 0.25) is 0 Å². The van der Waals surface area contributed by atoms with Gasteiger partial charge in [-0.3, -0.25) is 0 Å². The third kappa shape index (κ3) is 0.672. The molecule has 0 radical (unpaired) electrons. The van der Waals surface area contributed by atoms with Crippen LogP contribution in [0.4, 0.5) is 0 Å². The molecule has 2 rings (SSSR count). The van der Waals surface area contributed by atoms with Crippen molar-refractivity contribution in [2.75, 3.05) is 0 Å². The lowest BCUT2D eigenvalue weighted by Gasteiger charge is -2.25. The van der Waals surface area contributed by atoms with Crippen LogP contribution in [0.1, 0.15) is 40.0 Å². The molecule has 0 saturated carbocycles. The van der Waals surface area contributed by atoms with Crippen LogP contribution >= 0.6 is 0 Å². The van der Waals surface area contributed by atoms with Gasteiger partial charge in [-0.1, -0.05) is 6.92 Å². The molecule has 0 spiro atoms. The SMILES string of the molecule is CC1CC2(C)CCC1(C)O2. The van der Waals surface area contributed by atoms with Gasteiger partial charge in [0.15, 0.2) is 0 Å². The molecule has 0 amide bonds. The van der Waals surface area contributed by atoms with E-state index >= 15 is 0 Å². The van der Waals surface area contributed by atoms with Gasteiger partial charge in [0.1, 0.15) is 0 Å². The number of ether oxygens (including phenoxy) is 1. The third-order valence-corrected chi connectivity index (χ3v) is 3.41. The van der Waals surface area contributed by atoms with Crippen molar-refractivity contribution in [3.8, 4) is 0 Å². The molecule has 58 valence electrons. The standard InChI is InChI=1S/C9H16O/c1-7-6-8(2)4-5-9(7,3)10-8/h7H,4-6H2,1-3H3. The van der Waals surface area contributed by atoms with Crippen molar-refractivity contribution in [3.63, 3.8) is 0 Å². The van der Waals surface area contributed by atoms with Gasteiger partial charge < -0.3 is 4.74 Å². The fraction of sp³-hybridized carbons (Fsp3) is 1.00. The molecule has 2 heterocycles. The van der Waals surface area contributed by atoms with Gasteiger partial charge in [0, 0.05) is 0 Å². The normalized spacial score (nSPS) is 59.7. The van der Waals surface area contributed by atoms with Crippen molar-refractivity contribution in [1.82, 2.24) is 0 Å². The molecule has 2 saturated heterocycles. The van der Waals surface area contributed by atoms with E-state index in [-0.39, 0.29) is 11.2 Å². The first-order chi connectivity index (χ1) is 4.54. The van der Waals surface area contributed by atoms with Crippen LogP contribution in [0.25, 0.3) is 0 Å². The topological polar surface area (TPSA) is 9.23 Å². The lowest BCUT2D eigenvalue weighted by Crippen LogP contribution is -2.27. The van der Waals surface area contributed by atoms with E-state index in [0.29, 0.717) is 0 Å². The van der Waals surface area contributed by atoms with Gasteiger partial charge in [-0.15, -0.1) is 0 Å². The number of fused-ring (bicyclic) bond motifs is 2. The summed E-state index contributed by atoms with van der Waals surface area (Å²) in [5.41, 5.74) is 0.475. The second kappa shape index (κ2) is 1.58. The molecule has 2 aliphatic rings. The van der Waals surface area contributed by atoms with Crippen molar-refractivity contribution in [3.05, 3.63) is 0 Å². The maximum atomic E-state index is 5.96. The molecule has 3 atom stereocenters. The van der Waals surface area contributed by atoms with Crippen molar-refractivity contribution in [2.45, 2.75) is 51.2 Å². The van der Waals surface area contributed by atoms with Gasteiger partial charge in [0.05, 0.1) is 11.2 Å². The van der Waals surface area contributed by atoms with Crippen LogP contribution in [0.3, 0.4) is 0 Å². The van der Waals surface area contributed by atoms with Crippen molar-refractivity contribution < 1.29 is 4.74 Å². The number of rotatable bonds is 0. The molecule has 2 bridgehead atoms. The highest BCUT2D eigenvalue weighted by atomic mass is 16.5. The molecule has 1 heteroatoms. The first-order valence-electron chi connectivity index (χ1n) is 4.24. The summed E-state index contributed by atoms with van der Waals surface area (Å²) in [7, 11) is 0. The van der Waals surface area contributed by atoms with E-state index in [2.05, 4.69) is 20.8 Å². The average molecular weight is 140 g/mol. The summed E-state index contributed by atoms with van der Waals surface area (Å²) < 4.78 is 5.96. The van der Waals surface area contributed by atoms with E-state index < -0.39 is 0 Å². The zero-order valence-corrected chi connectivity index (χ0v) is 7.11. The van der Waals surface area contributed by atoms with Gasteiger partial charge in [0.25, 0.3) is 0 Å². The Hall–Kier alpha value is -0.0400. The number of hydrogen-bond acceptors (Lipinski definition) is 1. The molecule has 0 aromatic heterocycles. The van der Waals surface area contributed by atoms with Gasteiger partial charge >= 0.3 is 0 Å². The molecule has 3 unspecified atom stereocenters. The van der Waals surface area contributed by atoms with Crippen LogP contribution < -0.4 is 0 Å². The minimum atomic E-state index is 0.231. The molecule has 0 aromatic rings. The zero-order chi connectivity index (χ0) is 7.41. The van der Waals surface area contributed by atoms with E-state index in [1.54, 1.807) is 0 Å². The molecule has 0 N–H and O–H groups in total. The summed E-state index contributed by atoms with van der Waals surface area (Å²) in [6.07, 6.45) is 3.81. The first-order valence-corrected chi connectivity index (χ1v) is 4.24. The van der Waals surface area contributed by atoms with Crippen molar-refractivity contribution in [1.29, 1.82) is 0 Å². The monoisotopic (exact) mass is 140 g/mol. The van der Waals surface area contributed by atoms with E-state index in [0.717, 1.165) is 5.92 Å². The molecular weight excluding hydrogens is 124 g/mol. The van der Waals surface area contributed by atoms with Crippen LogP contribution in [0, 0.1) is 5.92 Å². The van der Waals surface area contributed by atoms with E-state index in [4.69, 9.17) is 4.74 Å². The van der Waals surface area contributed by atoms with Gasteiger partial charge in [-0.25, -0.2) is 0 Å². The Morgan fingerprint density at radius 1 is 1.30 bits per heavy atom. The minimum Gasteiger partial charge on any atom is -0.369 e. The van der Waals surface area contributed by atoms with Crippen LogP contribution in [-0.2, 0) is 4.74 Å². The van der Waals surface area contributed by atoms with Crippen molar-refractivity contribution in [2.24, 2.45) is 5.92 Å². The summed E-state index contributed by atoms with van der Waals surface area (Å²) in [4.78, 5) is 0. The molecule has 0 aliphatic carbocycles. The maximum Gasteiger partial charge on any atom is 0.0689 e. The minimum absolute atomic E-state index is 0.231. The first kappa shape index (κ1) is 6.66. The fourth-order valence-electron chi connectivity index (χ4n) is 2.53. The Labute approximate surface area is 62.8 Å². The summed E-state index contributed by atoms with van der Waals surface area (Å²) in [6, 6.07) is 0. The Morgan fingerprint density at radius 3 is 2.20 bits per heavy atom. The largest absolute Gasteiger partial charge is 0.369 e. The fourth-order valence-corrected chi connectivity index (χ4v) is 2.53. The highest BCUT2D eigenvalue weighted by molar-refractivity contribution is 5.03. The van der Waals surface area contributed by atoms with Gasteiger partial charge in [-0.2, -0.15) is 0 Å². The van der Waals surface area contributed by atoms with Gasteiger partial charge in [0.2, 0.25) is 0 Å². The van der Waals surface area contributed by atoms with E-state index in [1.807, 2.05) is 0 Å². The van der Waals surface area contributed by atoms with E-state index in [9.17, 15) is 0 Å².